The average molecular weight is 1640 g/mol. The number of aliphatic hydroxyl groups is 18. The molecule has 8 aliphatic rings. The first-order valence-corrected chi connectivity index (χ1v) is 36.0. The molecule has 49 heteroatoms. The lowest BCUT2D eigenvalue weighted by Gasteiger charge is -2.47. The summed E-state index contributed by atoms with van der Waals surface area (Å²) in [5.41, 5.74) is 0. The molecule has 0 bridgehead atoms. The van der Waals surface area contributed by atoms with E-state index in [0.29, 0.717) is 0 Å². The maximum Gasteiger partial charge on any atom is 0.217 e. The fraction of sp³-hybridized carbons (Fsp3) is 0.875. The molecule has 0 aromatic rings. The van der Waals surface area contributed by atoms with Crippen LogP contribution >= 0.6 is 0 Å². The molecule has 8 heterocycles. The fourth-order valence-electron chi connectivity index (χ4n) is 14.0. The SMILES string of the molecule is CC(=O)N[C@@H]1[C@@H](O)[C@H](O)[C@@H](CO[C@@H]2O[C@H](CO[C@@H]3O[C@H](CO[C@@H]4O[C@H](CO[C@@H]5O[C@H](CO[C@@H]6O[C@H](CO[C@@H]7O[C@H](CO[C@@H]8O[C@H](CO)[C@@H](O)[C@H](O)[C@H]8NC(C)=O)[C@@H](O)[C@H](O)[C@H]7NC(C)=O)[C@@H](O)[C@H](O)[C@H]6NC(C)=O)[C@@H](O)[C@H](O)[C@H]5NC(C)=O)[C@@H](O)[C@H](O)[C@H]4NC(C)=O)[C@@H](O)[C@H](O)[C@H]3NC(C)=O)[C@@H](O)[C@H](O)[C@H]2NC(C)=O)O[C@@H]1O. The van der Waals surface area contributed by atoms with Crippen LogP contribution in [-0.2, 0) is 109 Å². The summed E-state index contributed by atoms with van der Waals surface area (Å²) in [4.78, 5) is 98.9. The van der Waals surface area contributed by atoms with E-state index in [4.69, 9.17) is 71.1 Å². The van der Waals surface area contributed by atoms with E-state index in [1.807, 2.05) is 0 Å². The minimum absolute atomic E-state index is 0.682. The molecule has 0 spiro atoms. The van der Waals surface area contributed by atoms with Crippen LogP contribution in [0.25, 0.3) is 0 Å². The van der Waals surface area contributed by atoms with Crippen molar-refractivity contribution in [1.82, 2.24) is 42.5 Å². The van der Waals surface area contributed by atoms with Crippen molar-refractivity contribution >= 4 is 47.3 Å². The summed E-state index contributed by atoms with van der Waals surface area (Å²) in [6.45, 7) is 1.76. The van der Waals surface area contributed by atoms with Crippen LogP contribution < -0.4 is 42.5 Å². The van der Waals surface area contributed by atoms with Crippen LogP contribution in [0.3, 0.4) is 0 Å². The van der Waals surface area contributed by atoms with Gasteiger partial charge in [0, 0.05) is 55.4 Å². The molecule has 113 heavy (non-hydrogen) atoms. The zero-order valence-electron chi connectivity index (χ0n) is 62.2. The third-order valence-electron chi connectivity index (χ3n) is 19.7. The number of carbonyl (C=O) groups excluding carboxylic acids is 8. The van der Waals surface area contributed by atoms with Gasteiger partial charge >= 0.3 is 0 Å². The molecule has 49 nitrogen and oxygen atoms in total. The van der Waals surface area contributed by atoms with E-state index in [0.717, 1.165) is 55.4 Å². The summed E-state index contributed by atoms with van der Waals surface area (Å²) < 4.78 is 88.4. The Kier molecular flexibility index (Phi) is 33.9. The van der Waals surface area contributed by atoms with E-state index in [-0.39, 0.29) is 0 Å². The van der Waals surface area contributed by atoms with Gasteiger partial charge in [-0.2, -0.15) is 0 Å². The summed E-state index contributed by atoms with van der Waals surface area (Å²) in [5.74, 6) is -6.15. The highest BCUT2D eigenvalue weighted by Crippen LogP contribution is 2.34. The first-order valence-electron chi connectivity index (χ1n) is 36.0. The molecule has 8 fully saturated rings. The molecule has 0 unspecified atom stereocenters. The predicted molar refractivity (Wildman–Crippen MR) is 357 cm³/mol. The molecule has 26 N–H and O–H groups in total. The van der Waals surface area contributed by atoms with E-state index in [1.165, 1.54) is 0 Å². The number of aliphatic hydroxyl groups excluding tert-OH is 18. The summed E-state index contributed by atoms with van der Waals surface area (Å²) in [6.07, 6.45) is -58.5. The predicted octanol–water partition coefficient (Wildman–Crippen LogP) is -17.3. The summed E-state index contributed by atoms with van der Waals surface area (Å²) in [7, 11) is 0. The Hall–Kier alpha value is -5.56. The Morgan fingerprint density at radius 2 is 0.345 bits per heavy atom. The molecule has 8 saturated heterocycles. The zero-order chi connectivity index (χ0) is 83.6. The molecule has 40 atom stereocenters. The van der Waals surface area contributed by atoms with Gasteiger partial charge in [0.15, 0.2) is 50.3 Å². The third-order valence-corrected chi connectivity index (χ3v) is 19.7. The van der Waals surface area contributed by atoms with E-state index in [9.17, 15) is 130 Å². The largest absolute Gasteiger partial charge is 0.394 e. The molecule has 0 aromatic carbocycles. The first kappa shape index (κ1) is 92.9. The number of ether oxygens (including phenoxy) is 15. The molecule has 0 radical (unpaired) electrons. The second-order valence-electron chi connectivity index (χ2n) is 28.5. The van der Waals surface area contributed by atoms with Crippen LogP contribution in [-0.4, -0.2) is 437 Å². The summed E-state index contributed by atoms with van der Waals surface area (Å²) >= 11 is 0. The van der Waals surface area contributed by atoms with Crippen molar-refractivity contribution in [2.24, 2.45) is 0 Å². The second kappa shape index (κ2) is 41.2. The first-order chi connectivity index (χ1) is 53.1. The molecule has 8 amide bonds. The van der Waals surface area contributed by atoms with Gasteiger partial charge in [0.2, 0.25) is 47.3 Å². The molecule has 8 aliphatic heterocycles. The number of carbonyl (C=O) groups is 8. The minimum Gasteiger partial charge on any atom is -0.394 e. The van der Waals surface area contributed by atoms with Crippen molar-refractivity contribution in [3.05, 3.63) is 0 Å². The van der Waals surface area contributed by atoms with Crippen LogP contribution in [0.4, 0.5) is 0 Å². The Morgan fingerprint density at radius 1 is 0.212 bits per heavy atom. The van der Waals surface area contributed by atoms with Crippen LogP contribution in [0.15, 0.2) is 0 Å². The topological polar surface area (TPSA) is 735 Å². The normalized spacial score (nSPS) is 44.2. The molecular formula is C64H106N8O41. The third kappa shape index (κ3) is 23.3. The van der Waals surface area contributed by atoms with Crippen molar-refractivity contribution in [3.8, 4) is 0 Å². The highest BCUT2D eigenvalue weighted by atomic mass is 16.8. The fourth-order valence-corrected chi connectivity index (χ4v) is 14.0. The quantitative estimate of drug-likeness (QED) is 0.0318. The van der Waals surface area contributed by atoms with E-state index in [2.05, 4.69) is 42.5 Å². The van der Waals surface area contributed by atoms with E-state index >= 15 is 0 Å². The number of amides is 8. The van der Waals surface area contributed by atoms with Crippen molar-refractivity contribution in [1.29, 1.82) is 0 Å². The Balaban J connectivity index is 0.935. The number of hydrogen-bond acceptors (Lipinski definition) is 41. The second-order valence-corrected chi connectivity index (χ2v) is 28.5. The van der Waals surface area contributed by atoms with Gasteiger partial charge in [0.1, 0.15) is 195 Å². The average Bonchev–Trinajstić information content (AvgIpc) is 0.790. The minimum atomic E-state index is -2.03. The highest BCUT2D eigenvalue weighted by Gasteiger charge is 2.56. The molecular weight excluding hydrogens is 1540 g/mol. The van der Waals surface area contributed by atoms with Gasteiger partial charge in [-0.3, -0.25) is 38.4 Å². The Morgan fingerprint density at radius 3 is 0.504 bits per heavy atom. The number of rotatable bonds is 30. The van der Waals surface area contributed by atoms with Gasteiger partial charge in [-0.15, -0.1) is 0 Å². The Labute approximate surface area is 642 Å². The standard InChI is InChI=1S/C64H106N8O41/c1-17(74)65-33-49(90)42(83)26(106-57(33)98)10-99-59-35(67-19(3)76)51(92)44(85)28(108-59)12-101-61-37(69-21(5)78)53(94)46(87)30(110-61)14-103-63-39(71-23(7)80)55(96)48(89)32(112-63)16-105-64-40(72-24(8)81)56(97)47(88)31(113-64)15-104-62-38(70-22(6)79)54(95)45(86)29(111-62)13-102-60-36(68-20(4)77)52(93)43(84)27(109-60)11-100-58-34(66-18(2)75)50(91)41(82)25(9-73)107-58/h25-64,73,82-98H,9-16H2,1-8H3,(H,65,74)(H,66,75)(H,67,76)(H,68,77)(H,69,78)(H,70,79)(H,71,80)(H,72,81)/t25-,26-,27-,28-,29-,30-,31-,32-,33-,34-,35-,36-,37-,38-,39-,40-,41-,42-,43-,44-,45-,46-,47-,48-,49-,50-,51-,52-,53-,54-,55-,56-,57+,58-,59-,60-,61-,62-,63-,64-/m1/s1. The van der Waals surface area contributed by atoms with Gasteiger partial charge in [-0.1, -0.05) is 0 Å². The van der Waals surface area contributed by atoms with Crippen LogP contribution in [0.5, 0.6) is 0 Å². The van der Waals surface area contributed by atoms with Gasteiger partial charge in [-0.25, -0.2) is 0 Å². The number of nitrogens with one attached hydrogen (secondary N) is 8. The highest BCUT2D eigenvalue weighted by molar-refractivity contribution is 5.76. The van der Waals surface area contributed by atoms with Crippen LogP contribution in [0.2, 0.25) is 0 Å². The molecule has 0 aromatic heterocycles. The lowest BCUT2D eigenvalue weighted by molar-refractivity contribution is -0.329. The van der Waals surface area contributed by atoms with Crippen molar-refractivity contribution in [3.63, 3.8) is 0 Å². The lowest BCUT2D eigenvalue weighted by atomic mass is 9.95. The van der Waals surface area contributed by atoms with Crippen molar-refractivity contribution in [2.45, 2.75) is 301 Å². The molecule has 648 valence electrons. The summed E-state index contributed by atoms with van der Waals surface area (Å²) in [6, 6.07) is -12.8. The zero-order valence-corrected chi connectivity index (χ0v) is 62.2. The smallest absolute Gasteiger partial charge is 0.217 e. The molecule has 0 aliphatic carbocycles. The van der Waals surface area contributed by atoms with Crippen molar-refractivity contribution in [2.75, 3.05) is 52.9 Å². The van der Waals surface area contributed by atoms with Crippen LogP contribution in [0, 0.1) is 0 Å². The van der Waals surface area contributed by atoms with Gasteiger partial charge in [0.25, 0.3) is 0 Å². The van der Waals surface area contributed by atoms with E-state index < -0.39 is 345 Å². The monoisotopic (exact) mass is 1640 g/mol. The Bertz CT molecular complexity index is 3150. The van der Waals surface area contributed by atoms with Gasteiger partial charge in [-0.05, 0) is 0 Å². The molecule has 0 saturated carbocycles. The lowest BCUT2D eigenvalue weighted by Crippen LogP contribution is -2.68. The number of hydrogen-bond donors (Lipinski definition) is 26. The van der Waals surface area contributed by atoms with Crippen molar-refractivity contribution < 1.29 is 201 Å². The van der Waals surface area contributed by atoms with Gasteiger partial charge < -0.3 is 206 Å². The summed E-state index contributed by atoms with van der Waals surface area (Å²) in [5, 5.41) is 220. The molecule has 8 rings (SSSR count). The van der Waals surface area contributed by atoms with Crippen LogP contribution in [0.1, 0.15) is 55.4 Å². The van der Waals surface area contributed by atoms with Gasteiger partial charge in [0.05, 0.1) is 52.9 Å². The van der Waals surface area contributed by atoms with E-state index in [1.54, 1.807) is 0 Å². The maximum atomic E-state index is 12.6. The maximum absolute atomic E-state index is 12.6.